The number of allylic oxidation sites excluding steroid dienone is 4. The maximum atomic E-state index is 12.8. The van der Waals surface area contributed by atoms with Crippen LogP contribution in [0.4, 0.5) is 0 Å². The molecule has 1 fully saturated rings. The molecule has 1 aliphatic rings. The Morgan fingerprint density at radius 3 is 1.42 bits per heavy atom. The highest BCUT2D eigenvalue weighted by molar-refractivity contribution is 5.70. The maximum absolute atomic E-state index is 12.8. The van der Waals surface area contributed by atoms with Crippen LogP contribution < -0.4 is 0 Å². The largest absolute Gasteiger partial charge is 0.462 e. The van der Waals surface area contributed by atoms with E-state index in [2.05, 4.69) is 38.2 Å². The van der Waals surface area contributed by atoms with Gasteiger partial charge >= 0.3 is 11.9 Å². The summed E-state index contributed by atoms with van der Waals surface area (Å²) in [6.07, 6.45) is 34.6. The minimum atomic E-state index is -1.59. The molecule has 10 nitrogen and oxygen atoms in total. The molecule has 0 aromatic rings. The molecule has 0 saturated carbocycles. The van der Waals surface area contributed by atoms with Crippen LogP contribution in [0, 0.1) is 0 Å². The number of hydrogen-bond acceptors (Lipinski definition) is 10. The van der Waals surface area contributed by atoms with Crippen LogP contribution >= 0.6 is 0 Å². The Morgan fingerprint density at radius 2 is 0.947 bits per heavy atom. The van der Waals surface area contributed by atoms with Crippen molar-refractivity contribution in [2.45, 2.75) is 243 Å². The van der Waals surface area contributed by atoms with Crippen LogP contribution in [0.1, 0.15) is 206 Å². The summed E-state index contributed by atoms with van der Waals surface area (Å²) < 4.78 is 22.2. The lowest BCUT2D eigenvalue weighted by Gasteiger charge is -2.39. The van der Waals surface area contributed by atoms with E-state index in [1.54, 1.807) is 0 Å². The normalized spacial score (nSPS) is 20.4. The lowest BCUT2D eigenvalue weighted by Crippen LogP contribution is -2.59. The van der Waals surface area contributed by atoms with E-state index >= 15 is 0 Å². The summed E-state index contributed by atoms with van der Waals surface area (Å²) in [6.45, 7) is 3.40. The highest BCUT2D eigenvalue weighted by Crippen LogP contribution is 2.23. The molecule has 57 heavy (non-hydrogen) atoms. The molecule has 0 aromatic heterocycles. The van der Waals surface area contributed by atoms with Gasteiger partial charge in [0, 0.05) is 12.8 Å². The molecule has 2 unspecified atom stereocenters. The SMILES string of the molecule is CCCC/C=C/CCCCCCCCCCCC(=O)OC[C@H](CO[C@@H]1O[C@H](CO)[C@H](O)C(O)C1O)OC(=O)CCCCCCCCC/C=C/CCCCCCCC. The molecule has 4 N–H and O–H groups in total. The van der Waals surface area contributed by atoms with Gasteiger partial charge in [0.25, 0.3) is 0 Å². The molecule has 0 spiro atoms. The van der Waals surface area contributed by atoms with E-state index in [0.717, 1.165) is 51.4 Å². The van der Waals surface area contributed by atoms with Crippen molar-refractivity contribution < 1.29 is 49.0 Å². The minimum Gasteiger partial charge on any atom is -0.462 e. The fraction of sp³-hybridized carbons (Fsp3) is 0.872. The van der Waals surface area contributed by atoms with Crippen molar-refractivity contribution in [3.8, 4) is 0 Å². The van der Waals surface area contributed by atoms with Crippen molar-refractivity contribution in [2.24, 2.45) is 0 Å². The third-order valence-corrected chi connectivity index (χ3v) is 10.8. The second-order valence-corrected chi connectivity index (χ2v) is 16.2. The molecule has 0 aliphatic carbocycles. The van der Waals surface area contributed by atoms with Gasteiger partial charge in [-0.2, -0.15) is 0 Å². The molecular formula is C47H86O10. The van der Waals surface area contributed by atoms with Gasteiger partial charge < -0.3 is 39.4 Å². The average molecular weight is 811 g/mol. The van der Waals surface area contributed by atoms with Crippen molar-refractivity contribution in [2.75, 3.05) is 19.8 Å². The lowest BCUT2D eigenvalue weighted by atomic mass is 9.99. The van der Waals surface area contributed by atoms with Crippen LogP contribution in [-0.4, -0.2) is 89.0 Å². The molecule has 0 amide bonds. The van der Waals surface area contributed by atoms with Gasteiger partial charge in [-0.05, 0) is 57.8 Å². The number of unbranched alkanes of at least 4 members (excludes halogenated alkanes) is 24. The molecule has 0 bridgehead atoms. The number of carbonyl (C=O) groups is 2. The van der Waals surface area contributed by atoms with Crippen molar-refractivity contribution >= 4 is 11.9 Å². The maximum Gasteiger partial charge on any atom is 0.306 e. The molecule has 0 radical (unpaired) electrons. The quantitative estimate of drug-likeness (QED) is 0.0268. The Bertz CT molecular complexity index is 985. The first-order chi connectivity index (χ1) is 27.8. The van der Waals surface area contributed by atoms with Crippen molar-refractivity contribution in [1.82, 2.24) is 0 Å². The topological polar surface area (TPSA) is 152 Å². The molecule has 10 heteroatoms. The van der Waals surface area contributed by atoms with E-state index < -0.39 is 49.4 Å². The molecule has 1 heterocycles. The number of rotatable bonds is 39. The highest BCUT2D eigenvalue weighted by Gasteiger charge is 2.44. The summed E-state index contributed by atoms with van der Waals surface area (Å²) in [5.74, 6) is -0.808. The lowest BCUT2D eigenvalue weighted by molar-refractivity contribution is -0.305. The van der Waals surface area contributed by atoms with Gasteiger partial charge in [0.2, 0.25) is 0 Å². The molecule has 0 aromatic carbocycles. The van der Waals surface area contributed by atoms with Crippen LogP contribution in [0.15, 0.2) is 24.3 Å². The first kappa shape index (κ1) is 53.2. The summed E-state index contributed by atoms with van der Waals surface area (Å²) in [5, 5.41) is 40.1. The number of hydrogen-bond donors (Lipinski definition) is 4. The second-order valence-electron chi connectivity index (χ2n) is 16.2. The Kier molecular flexibility index (Phi) is 35.8. The number of aliphatic hydroxyl groups excluding tert-OH is 4. The van der Waals surface area contributed by atoms with Crippen LogP contribution in [0.25, 0.3) is 0 Å². The number of ether oxygens (including phenoxy) is 4. The molecule has 1 saturated heterocycles. The zero-order valence-corrected chi connectivity index (χ0v) is 36.3. The number of carbonyl (C=O) groups excluding carboxylic acids is 2. The van der Waals surface area contributed by atoms with Gasteiger partial charge in [-0.15, -0.1) is 0 Å². The Hall–Kier alpha value is -1.82. The second kappa shape index (κ2) is 38.4. The summed E-state index contributed by atoms with van der Waals surface area (Å²) in [5.41, 5.74) is 0. The molecule has 1 rings (SSSR count). The first-order valence-electron chi connectivity index (χ1n) is 23.4. The third-order valence-electron chi connectivity index (χ3n) is 10.8. The average Bonchev–Trinajstić information content (AvgIpc) is 3.21. The molecule has 334 valence electrons. The zero-order valence-electron chi connectivity index (χ0n) is 36.3. The van der Waals surface area contributed by atoms with Crippen LogP contribution in [0.2, 0.25) is 0 Å². The number of aliphatic hydroxyl groups is 4. The van der Waals surface area contributed by atoms with Gasteiger partial charge in [0.15, 0.2) is 12.4 Å². The van der Waals surface area contributed by atoms with Gasteiger partial charge in [-0.3, -0.25) is 9.59 Å². The molecule has 6 atom stereocenters. The number of esters is 2. The fourth-order valence-electron chi connectivity index (χ4n) is 7.05. The standard InChI is InChI=1S/C47H86O10/c1-3-5-7-9-11-13-15-17-19-20-22-24-26-28-30-32-34-36-43(50)56-40(39-55-47-46(53)45(52)44(51)41(37-48)57-47)38-54-42(49)35-33-31-29-27-25-23-21-18-16-14-12-10-8-6-4-2/h10,12,17,19,40-41,44-48,51-53H,3-9,11,13-16,18,20-39H2,1-2H3/b12-10+,19-17+/t40-,41-,44+,45?,46?,47-/m1/s1. The highest BCUT2D eigenvalue weighted by atomic mass is 16.7. The summed E-state index contributed by atoms with van der Waals surface area (Å²) >= 11 is 0. The van der Waals surface area contributed by atoms with Crippen molar-refractivity contribution in [3.63, 3.8) is 0 Å². The Morgan fingerprint density at radius 1 is 0.526 bits per heavy atom. The first-order valence-corrected chi connectivity index (χ1v) is 23.4. The monoisotopic (exact) mass is 811 g/mol. The third kappa shape index (κ3) is 30.0. The van der Waals surface area contributed by atoms with Crippen LogP contribution in [0.5, 0.6) is 0 Å². The van der Waals surface area contributed by atoms with Crippen LogP contribution in [-0.2, 0) is 28.5 Å². The van der Waals surface area contributed by atoms with E-state index in [4.69, 9.17) is 18.9 Å². The van der Waals surface area contributed by atoms with Gasteiger partial charge in [-0.1, -0.05) is 160 Å². The summed E-state index contributed by atoms with van der Waals surface area (Å²) in [7, 11) is 0. The summed E-state index contributed by atoms with van der Waals surface area (Å²) in [4.78, 5) is 25.3. The van der Waals surface area contributed by atoms with E-state index in [-0.39, 0.29) is 32.0 Å². The fourth-order valence-corrected chi connectivity index (χ4v) is 7.05. The molecular weight excluding hydrogens is 725 g/mol. The Balaban J connectivity index is 2.31. The molecule has 1 aliphatic heterocycles. The minimum absolute atomic E-state index is 0.217. The van der Waals surface area contributed by atoms with Gasteiger partial charge in [0.05, 0.1) is 13.2 Å². The smallest absolute Gasteiger partial charge is 0.306 e. The van der Waals surface area contributed by atoms with E-state index in [0.29, 0.717) is 6.42 Å². The van der Waals surface area contributed by atoms with Crippen molar-refractivity contribution in [3.05, 3.63) is 24.3 Å². The predicted octanol–water partition coefficient (Wildman–Crippen LogP) is 10.1. The van der Waals surface area contributed by atoms with E-state index in [1.807, 2.05) is 0 Å². The van der Waals surface area contributed by atoms with E-state index in [9.17, 15) is 30.0 Å². The predicted molar refractivity (Wildman–Crippen MR) is 229 cm³/mol. The van der Waals surface area contributed by atoms with E-state index in [1.165, 1.54) is 122 Å². The van der Waals surface area contributed by atoms with Crippen molar-refractivity contribution in [1.29, 1.82) is 0 Å². The van der Waals surface area contributed by atoms with Gasteiger partial charge in [-0.25, -0.2) is 0 Å². The Labute approximate surface area is 347 Å². The zero-order chi connectivity index (χ0) is 41.6. The van der Waals surface area contributed by atoms with Crippen LogP contribution in [0.3, 0.4) is 0 Å². The van der Waals surface area contributed by atoms with Gasteiger partial charge in [0.1, 0.15) is 31.0 Å². The summed E-state index contributed by atoms with van der Waals surface area (Å²) in [6, 6.07) is 0.